The third-order valence-electron chi connectivity index (χ3n) is 3.97. The molecular weight excluding hydrogens is 246 g/mol. The fourth-order valence-electron chi connectivity index (χ4n) is 2.93. The molecule has 0 radical (unpaired) electrons. The molecule has 0 bridgehead atoms. The molecule has 1 N–H and O–H groups in total. The summed E-state index contributed by atoms with van der Waals surface area (Å²) in [6.07, 6.45) is 4.15. The number of nitrogens with one attached hydrogen (secondary N) is 1. The summed E-state index contributed by atoms with van der Waals surface area (Å²) in [6, 6.07) is 14.6. The fourth-order valence-corrected chi connectivity index (χ4v) is 2.93. The van der Waals surface area contributed by atoms with E-state index in [9.17, 15) is 4.79 Å². The molecule has 102 valence electrons. The number of carbonyl (C=O) groups is 1. The molecule has 0 unspecified atom stereocenters. The van der Waals surface area contributed by atoms with Crippen molar-refractivity contribution in [1.29, 1.82) is 0 Å². The van der Waals surface area contributed by atoms with Gasteiger partial charge in [-0.1, -0.05) is 36.4 Å². The van der Waals surface area contributed by atoms with Gasteiger partial charge in [-0.15, -0.1) is 0 Å². The number of fused-ring (bicyclic) bond motifs is 1. The summed E-state index contributed by atoms with van der Waals surface area (Å²) in [5.41, 5.74) is 3.18. The van der Waals surface area contributed by atoms with Gasteiger partial charge < -0.3 is 5.32 Å². The van der Waals surface area contributed by atoms with Gasteiger partial charge in [0.15, 0.2) is 5.78 Å². The molecule has 0 saturated carbocycles. The topological polar surface area (TPSA) is 29.1 Å². The second kappa shape index (κ2) is 5.49. The lowest BCUT2D eigenvalue weighted by atomic mass is 9.93. The Morgan fingerprint density at radius 1 is 1.00 bits per heavy atom. The number of carbonyl (C=O) groups excluding carboxylic acids is 1. The van der Waals surface area contributed by atoms with Crippen LogP contribution in [-0.4, -0.2) is 5.78 Å². The van der Waals surface area contributed by atoms with Crippen molar-refractivity contribution in [3.05, 3.63) is 53.7 Å². The van der Waals surface area contributed by atoms with Crippen molar-refractivity contribution in [3.63, 3.8) is 0 Å². The van der Waals surface area contributed by atoms with Crippen LogP contribution in [0.1, 0.15) is 32.6 Å². The normalized spacial score (nSPS) is 15.4. The Morgan fingerprint density at radius 2 is 1.75 bits per heavy atom. The van der Waals surface area contributed by atoms with E-state index in [-0.39, 0.29) is 5.78 Å². The first-order valence-corrected chi connectivity index (χ1v) is 7.23. The maximum absolute atomic E-state index is 11.8. The Balaban J connectivity index is 2.02. The highest BCUT2D eigenvalue weighted by atomic mass is 16.1. The van der Waals surface area contributed by atoms with Crippen molar-refractivity contribution in [2.45, 2.75) is 32.6 Å². The first kappa shape index (κ1) is 12.9. The van der Waals surface area contributed by atoms with E-state index in [4.69, 9.17) is 0 Å². The summed E-state index contributed by atoms with van der Waals surface area (Å²) < 4.78 is 0. The van der Waals surface area contributed by atoms with Crippen LogP contribution in [0, 0.1) is 0 Å². The molecule has 2 nitrogen and oxygen atoms in total. The first-order chi connectivity index (χ1) is 9.75. The second-order valence-corrected chi connectivity index (χ2v) is 5.37. The van der Waals surface area contributed by atoms with E-state index in [1.165, 1.54) is 10.8 Å². The number of anilines is 1. The second-order valence-electron chi connectivity index (χ2n) is 5.37. The Kier molecular flexibility index (Phi) is 3.55. The maximum atomic E-state index is 11.8. The molecular formula is C18H19NO. The van der Waals surface area contributed by atoms with Crippen LogP contribution in [-0.2, 0) is 4.79 Å². The standard InChI is InChI=1S/C18H19NO/c1-13(20)15-9-4-5-11-17(15)19-18-12-6-8-14-7-2-3-10-16(14)18/h2-3,6-8,10,12,19H,4-5,9,11H2,1H3. The molecule has 0 fully saturated rings. The Labute approximate surface area is 119 Å². The predicted molar refractivity (Wildman–Crippen MR) is 83.7 cm³/mol. The van der Waals surface area contributed by atoms with E-state index in [1.54, 1.807) is 6.92 Å². The van der Waals surface area contributed by atoms with Crippen molar-refractivity contribution in [2.24, 2.45) is 0 Å². The van der Waals surface area contributed by atoms with Crippen LogP contribution in [0.25, 0.3) is 10.8 Å². The third-order valence-corrected chi connectivity index (χ3v) is 3.97. The Hall–Kier alpha value is -2.09. The molecule has 0 spiro atoms. The van der Waals surface area contributed by atoms with Gasteiger partial charge in [0.05, 0.1) is 0 Å². The van der Waals surface area contributed by atoms with Crippen LogP contribution >= 0.6 is 0 Å². The molecule has 20 heavy (non-hydrogen) atoms. The van der Waals surface area contributed by atoms with Crippen molar-refractivity contribution >= 4 is 22.2 Å². The zero-order chi connectivity index (χ0) is 13.9. The van der Waals surface area contributed by atoms with Gasteiger partial charge in [-0.3, -0.25) is 4.79 Å². The van der Waals surface area contributed by atoms with Gasteiger partial charge in [0.1, 0.15) is 0 Å². The number of hydrogen-bond donors (Lipinski definition) is 1. The van der Waals surface area contributed by atoms with Gasteiger partial charge in [0, 0.05) is 22.3 Å². The van der Waals surface area contributed by atoms with Crippen LogP contribution in [0.2, 0.25) is 0 Å². The minimum absolute atomic E-state index is 0.201. The smallest absolute Gasteiger partial charge is 0.157 e. The molecule has 3 rings (SSSR count). The largest absolute Gasteiger partial charge is 0.358 e. The van der Waals surface area contributed by atoms with Gasteiger partial charge in [-0.25, -0.2) is 0 Å². The summed E-state index contributed by atoms with van der Waals surface area (Å²) in [5, 5.41) is 5.94. The number of benzene rings is 2. The van der Waals surface area contributed by atoms with Crippen LogP contribution in [0.15, 0.2) is 53.7 Å². The zero-order valence-electron chi connectivity index (χ0n) is 11.8. The highest BCUT2D eigenvalue weighted by Gasteiger charge is 2.16. The van der Waals surface area contributed by atoms with Crippen LogP contribution in [0.3, 0.4) is 0 Å². The van der Waals surface area contributed by atoms with Crippen LogP contribution < -0.4 is 5.32 Å². The summed E-state index contributed by atoms with van der Waals surface area (Å²) in [7, 11) is 0. The number of rotatable bonds is 3. The Bertz CT molecular complexity index is 679. The molecule has 0 heterocycles. The number of ketones is 1. The Morgan fingerprint density at radius 3 is 2.60 bits per heavy atom. The third kappa shape index (κ3) is 2.46. The lowest BCUT2D eigenvalue weighted by molar-refractivity contribution is -0.113. The fraction of sp³-hybridized carbons (Fsp3) is 0.278. The summed E-state index contributed by atoms with van der Waals surface area (Å²) in [4.78, 5) is 11.8. The van der Waals surface area contributed by atoms with E-state index in [2.05, 4.69) is 41.7 Å². The average Bonchev–Trinajstić information content (AvgIpc) is 2.48. The maximum Gasteiger partial charge on any atom is 0.157 e. The van der Waals surface area contributed by atoms with Gasteiger partial charge >= 0.3 is 0 Å². The average molecular weight is 265 g/mol. The molecule has 2 heteroatoms. The van der Waals surface area contributed by atoms with Crippen molar-refractivity contribution < 1.29 is 4.79 Å². The quantitative estimate of drug-likeness (QED) is 0.873. The highest BCUT2D eigenvalue weighted by Crippen LogP contribution is 2.30. The molecule has 0 atom stereocenters. The molecule has 2 aromatic carbocycles. The summed E-state index contributed by atoms with van der Waals surface area (Å²) >= 11 is 0. The molecule has 2 aromatic rings. The van der Waals surface area contributed by atoms with E-state index in [0.717, 1.165) is 42.6 Å². The van der Waals surface area contributed by atoms with E-state index in [1.807, 2.05) is 6.07 Å². The van der Waals surface area contributed by atoms with Gasteiger partial charge in [-0.2, -0.15) is 0 Å². The lowest BCUT2D eigenvalue weighted by Crippen LogP contribution is -2.13. The molecule has 0 amide bonds. The predicted octanol–water partition coefficient (Wildman–Crippen LogP) is 4.67. The highest BCUT2D eigenvalue weighted by molar-refractivity contribution is 5.97. The van der Waals surface area contributed by atoms with Crippen molar-refractivity contribution in [2.75, 3.05) is 5.32 Å². The van der Waals surface area contributed by atoms with E-state index >= 15 is 0 Å². The van der Waals surface area contributed by atoms with Crippen molar-refractivity contribution in [1.82, 2.24) is 0 Å². The summed E-state index contributed by atoms with van der Waals surface area (Å²) in [6.45, 7) is 1.67. The molecule has 1 aliphatic carbocycles. The molecule has 0 saturated heterocycles. The summed E-state index contributed by atoms with van der Waals surface area (Å²) in [5.74, 6) is 0.201. The minimum Gasteiger partial charge on any atom is -0.358 e. The van der Waals surface area contributed by atoms with Crippen LogP contribution in [0.5, 0.6) is 0 Å². The van der Waals surface area contributed by atoms with Gasteiger partial charge in [-0.05, 0) is 44.1 Å². The SMILES string of the molecule is CC(=O)C1=C(Nc2cccc3ccccc23)CCCC1. The van der Waals surface area contributed by atoms with Crippen LogP contribution in [0.4, 0.5) is 5.69 Å². The molecule has 0 aromatic heterocycles. The van der Waals surface area contributed by atoms with E-state index in [0.29, 0.717) is 0 Å². The van der Waals surface area contributed by atoms with E-state index < -0.39 is 0 Å². The minimum atomic E-state index is 0.201. The molecule has 0 aliphatic heterocycles. The zero-order valence-corrected chi connectivity index (χ0v) is 11.8. The first-order valence-electron chi connectivity index (χ1n) is 7.23. The van der Waals surface area contributed by atoms with Gasteiger partial charge in [0.25, 0.3) is 0 Å². The number of hydrogen-bond acceptors (Lipinski definition) is 2. The lowest BCUT2D eigenvalue weighted by Gasteiger charge is -2.21. The number of Topliss-reactive ketones (excluding diaryl/α,β-unsaturated/α-hetero) is 1. The monoisotopic (exact) mass is 265 g/mol. The molecule has 1 aliphatic rings. The van der Waals surface area contributed by atoms with Crippen molar-refractivity contribution in [3.8, 4) is 0 Å². The number of allylic oxidation sites excluding steroid dienone is 2. The van der Waals surface area contributed by atoms with Gasteiger partial charge in [0.2, 0.25) is 0 Å².